The first-order valence-electron chi connectivity index (χ1n) is 6.93. The third-order valence-electron chi connectivity index (χ3n) is 3.52. The number of likely N-dealkylation sites (N-methyl/N-ethyl adjacent to an activating group) is 1. The molecule has 2 rings (SSSR count). The number of nitrogens with one attached hydrogen (secondary N) is 2. The highest BCUT2D eigenvalue weighted by Crippen LogP contribution is 2.24. The number of benzene rings is 1. The second kappa shape index (κ2) is 6.68. The van der Waals surface area contributed by atoms with Crippen molar-refractivity contribution in [3.05, 3.63) is 29.8 Å². The fraction of sp³-hybridized carbons (Fsp3) is 0.533. The van der Waals surface area contributed by atoms with Crippen molar-refractivity contribution in [1.29, 1.82) is 0 Å². The predicted molar refractivity (Wildman–Crippen MR) is 78.3 cm³/mol. The summed E-state index contributed by atoms with van der Waals surface area (Å²) in [5.74, 6) is 0.0170. The highest BCUT2D eigenvalue weighted by Gasteiger charge is 2.25. The van der Waals surface area contributed by atoms with Crippen LogP contribution in [0.25, 0.3) is 0 Å². The Morgan fingerprint density at radius 1 is 1.37 bits per heavy atom. The SMILES string of the molecule is Cc1ccccc1NC(=O)CNCCN(C)C1CC1. The summed E-state index contributed by atoms with van der Waals surface area (Å²) in [6.07, 6.45) is 2.65. The van der Waals surface area contributed by atoms with E-state index in [1.165, 1.54) is 12.8 Å². The first-order valence-corrected chi connectivity index (χ1v) is 6.93. The zero-order valence-electron chi connectivity index (χ0n) is 11.8. The van der Waals surface area contributed by atoms with Crippen LogP contribution in [0.2, 0.25) is 0 Å². The number of rotatable bonds is 7. The largest absolute Gasteiger partial charge is 0.325 e. The Bertz CT molecular complexity index is 429. The van der Waals surface area contributed by atoms with Crippen LogP contribution in [0.1, 0.15) is 18.4 Å². The Balaban J connectivity index is 1.63. The lowest BCUT2D eigenvalue weighted by molar-refractivity contribution is -0.115. The molecule has 0 aromatic heterocycles. The summed E-state index contributed by atoms with van der Waals surface area (Å²) in [5, 5.41) is 6.10. The normalized spacial score (nSPS) is 14.7. The van der Waals surface area contributed by atoms with E-state index in [4.69, 9.17) is 0 Å². The molecule has 104 valence electrons. The molecule has 0 saturated heterocycles. The van der Waals surface area contributed by atoms with Gasteiger partial charge >= 0.3 is 0 Å². The van der Waals surface area contributed by atoms with Crippen molar-refractivity contribution in [2.24, 2.45) is 0 Å². The summed E-state index contributed by atoms with van der Waals surface area (Å²) in [6, 6.07) is 8.60. The van der Waals surface area contributed by atoms with E-state index in [0.717, 1.165) is 30.4 Å². The minimum absolute atomic E-state index is 0.0170. The second-order valence-corrected chi connectivity index (χ2v) is 5.25. The molecule has 2 N–H and O–H groups in total. The lowest BCUT2D eigenvalue weighted by Gasteiger charge is -2.15. The van der Waals surface area contributed by atoms with E-state index in [0.29, 0.717) is 6.54 Å². The van der Waals surface area contributed by atoms with Crippen molar-refractivity contribution >= 4 is 11.6 Å². The van der Waals surface area contributed by atoms with E-state index in [-0.39, 0.29) is 5.91 Å². The molecule has 1 aliphatic carbocycles. The van der Waals surface area contributed by atoms with E-state index in [1.54, 1.807) is 0 Å². The average Bonchev–Trinajstić information content (AvgIpc) is 3.21. The maximum absolute atomic E-state index is 11.8. The summed E-state index contributed by atoms with van der Waals surface area (Å²) < 4.78 is 0. The quantitative estimate of drug-likeness (QED) is 0.733. The molecule has 1 aromatic rings. The van der Waals surface area contributed by atoms with Crippen LogP contribution in [0.15, 0.2) is 24.3 Å². The number of hydrogen-bond donors (Lipinski definition) is 2. The summed E-state index contributed by atoms with van der Waals surface area (Å²) in [4.78, 5) is 14.1. The van der Waals surface area contributed by atoms with Crippen LogP contribution in [0.3, 0.4) is 0 Å². The number of hydrogen-bond acceptors (Lipinski definition) is 3. The number of anilines is 1. The molecule has 19 heavy (non-hydrogen) atoms. The molecule has 4 heteroatoms. The fourth-order valence-corrected chi connectivity index (χ4v) is 2.06. The van der Waals surface area contributed by atoms with Crippen molar-refractivity contribution in [3.8, 4) is 0 Å². The molecule has 0 unspecified atom stereocenters. The first kappa shape index (κ1) is 14.0. The van der Waals surface area contributed by atoms with Crippen LogP contribution in [-0.2, 0) is 4.79 Å². The maximum atomic E-state index is 11.8. The van der Waals surface area contributed by atoms with E-state index < -0.39 is 0 Å². The van der Waals surface area contributed by atoms with E-state index in [9.17, 15) is 4.79 Å². The average molecular weight is 261 g/mol. The van der Waals surface area contributed by atoms with Crippen molar-refractivity contribution < 1.29 is 4.79 Å². The minimum Gasteiger partial charge on any atom is -0.325 e. The Hall–Kier alpha value is -1.39. The van der Waals surface area contributed by atoms with Crippen LogP contribution in [0.4, 0.5) is 5.69 Å². The van der Waals surface area contributed by atoms with Gasteiger partial charge in [0, 0.05) is 24.8 Å². The zero-order chi connectivity index (χ0) is 13.7. The first-order chi connectivity index (χ1) is 9.16. The third-order valence-corrected chi connectivity index (χ3v) is 3.52. The topological polar surface area (TPSA) is 44.4 Å². The Morgan fingerprint density at radius 3 is 2.79 bits per heavy atom. The molecule has 0 radical (unpaired) electrons. The van der Waals surface area contributed by atoms with Crippen LogP contribution in [-0.4, -0.2) is 43.5 Å². The lowest BCUT2D eigenvalue weighted by atomic mass is 10.2. The van der Waals surface area contributed by atoms with Gasteiger partial charge in [-0.3, -0.25) is 4.79 Å². The highest BCUT2D eigenvalue weighted by atomic mass is 16.1. The number of amides is 1. The Labute approximate surface area is 115 Å². The van der Waals surface area contributed by atoms with Crippen LogP contribution in [0.5, 0.6) is 0 Å². The molecule has 0 heterocycles. The molecule has 0 aliphatic heterocycles. The van der Waals surface area contributed by atoms with Gasteiger partial charge in [0.1, 0.15) is 0 Å². The number of carbonyl (C=O) groups excluding carboxylic acids is 1. The third kappa shape index (κ3) is 4.65. The lowest BCUT2D eigenvalue weighted by Crippen LogP contribution is -2.35. The summed E-state index contributed by atoms with van der Waals surface area (Å²) in [6.45, 7) is 4.22. The molecule has 0 spiro atoms. The zero-order valence-corrected chi connectivity index (χ0v) is 11.8. The van der Waals surface area contributed by atoms with Crippen molar-refractivity contribution in [2.45, 2.75) is 25.8 Å². The summed E-state index contributed by atoms with van der Waals surface area (Å²) in [7, 11) is 2.15. The van der Waals surface area contributed by atoms with Gasteiger partial charge < -0.3 is 15.5 Å². The molecule has 1 aromatic carbocycles. The molecular formula is C15H23N3O. The number of nitrogens with zero attached hydrogens (tertiary/aromatic N) is 1. The van der Waals surface area contributed by atoms with Crippen molar-refractivity contribution in [1.82, 2.24) is 10.2 Å². The van der Waals surface area contributed by atoms with E-state index in [1.807, 2.05) is 31.2 Å². The number of para-hydroxylation sites is 1. The van der Waals surface area contributed by atoms with Gasteiger partial charge in [0.25, 0.3) is 0 Å². The van der Waals surface area contributed by atoms with E-state index >= 15 is 0 Å². The van der Waals surface area contributed by atoms with Crippen LogP contribution < -0.4 is 10.6 Å². The van der Waals surface area contributed by atoms with Crippen LogP contribution in [0, 0.1) is 6.92 Å². The van der Waals surface area contributed by atoms with Gasteiger partial charge in [0.15, 0.2) is 0 Å². The standard InChI is InChI=1S/C15H23N3O/c1-12-5-3-4-6-14(12)17-15(19)11-16-9-10-18(2)13-7-8-13/h3-6,13,16H,7-11H2,1-2H3,(H,17,19). The van der Waals surface area contributed by atoms with Crippen molar-refractivity contribution in [2.75, 3.05) is 32.0 Å². The van der Waals surface area contributed by atoms with Gasteiger partial charge in [-0.05, 0) is 38.4 Å². The molecule has 1 aliphatic rings. The highest BCUT2D eigenvalue weighted by molar-refractivity contribution is 5.92. The molecule has 1 amide bonds. The maximum Gasteiger partial charge on any atom is 0.238 e. The Morgan fingerprint density at radius 2 is 2.11 bits per heavy atom. The van der Waals surface area contributed by atoms with Crippen molar-refractivity contribution in [3.63, 3.8) is 0 Å². The molecule has 4 nitrogen and oxygen atoms in total. The van der Waals surface area contributed by atoms with Gasteiger partial charge in [0.2, 0.25) is 5.91 Å². The van der Waals surface area contributed by atoms with Gasteiger partial charge in [0.05, 0.1) is 6.54 Å². The number of carbonyl (C=O) groups is 1. The van der Waals surface area contributed by atoms with Gasteiger partial charge in [-0.15, -0.1) is 0 Å². The van der Waals surface area contributed by atoms with Gasteiger partial charge in [-0.2, -0.15) is 0 Å². The van der Waals surface area contributed by atoms with E-state index in [2.05, 4.69) is 22.6 Å². The predicted octanol–water partition coefficient (Wildman–Crippen LogP) is 1.62. The molecule has 1 saturated carbocycles. The summed E-state index contributed by atoms with van der Waals surface area (Å²) >= 11 is 0. The van der Waals surface area contributed by atoms with Crippen LogP contribution >= 0.6 is 0 Å². The molecular weight excluding hydrogens is 238 g/mol. The Kier molecular flexibility index (Phi) is 4.93. The second-order valence-electron chi connectivity index (χ2n) is 5.25. The fourth-order valence-electron chi connectivity index (χ4n) is 2.06. The molecule has 0 atom stereocenters. The molecule has 1 fully saturated rings. The monoisotopic (exact) mass is 261 g/mol. The minimum atomic E-state index is 0.0170. The van der Waals surface area contributed by atoms with Gasteiger partial charge in [-0.25, -0.2) is 0 Å². The molecule has 0 bridgehead atoms. The smallest absolute Gasteiger partial charge is 0.238 e. The summed E-state index contributed by atoms with van der Waals surface area (Å²) in [5.41, 5.74) is 1.98. The number of aryl methyl sites for hydroxylation is 1. The van der Waals surface area contributed by atoms with Gasteiger partial charge in [-0.1, -0.05) is 18.2 Å².